The van der Waals surface area contributed by atoms with Gasteiger partial charge in [-0.25, -0.2) is 8.78 Å². The fraction of sp³-hybridized carbons (Fsp3) is 0.889. The molecule has 0 rings (SSSR count). The van der Waals surface area contributed by atoms with Crippen molar-refractivity contribution in [1.82, 2.24) is 5.32 Å². The molecule has 0 aliphatic carbocycles. The summed E-state index contributed by atoms with van der Waals surface area (Å²) in [4.78, 5) is 11.3. The molecule has 0 radical (unpaired) electrons. The highest BCUT2D eigenvalue weighted by Crippen LogP contribution is 2.05. The van der Waals surface area contributed by atoms with Crippen LogP contribution in [0.4, 0.5) is 8.78 Å². The molecule has 0 bridgehead atoms. The van der Waals surface area contributed by atoms with E-state index in [1.165, 1.54) is 0 Å². The maximum absolute atomic E-state index is 11.9. The van der Waals surface area contributed by atoms with Gasteiger partial charge in [0.15, 0.2) is 0 Å². The average molecular weight is 224 g/mol. The lowest BCUT2D eigenvalue weighted by molar-refractivity contribution is -0.125. The number of rotatable bonds is 7. The number of alkyl halides is 2. The number of hydrogen-bond acceptors (Lipinski definition) is 3. The highest BCUT2D eigenvalue weighted by molar-refractivity contribution is 5.78. The lowest BCUT2D eigenvalue weighted by atomic mass is 10.0. The lowest BCUT2D eigenvalue weighted by Crippen LogP contribution is -2.41. The van der Waals surface area contributed by atoms with Crippen molar-refractivity contribution in [2.75, 3.05) is 13.1 Å². The van der Waals surface area contributed by atoms with E-state index in [0.29, 0.717) is 6.42 Å². The highest BCUT2D eigenvalue weighted by Gasteiger charge is 2.20. The van der Waals surface area contributed by atoms with E-state index in [0.717, 1.165) is 6.42 Å². The predicted molar refractivity (Wildman–Crippen MR) is 52.5 cm³/mol. The van der Waals surface area contributed by atoms with E-state index in [4.69, 9.17) is 10.8 Å². The van der Waals surface area contributed by atoms with Gasteiger partial charge in [0.25, 0.3) is 6.43 Å². The molecule has 6 heteroatoms. The van der Waals surface area contributed by atoms with Gasteiger partial charge in [0.05, 0.1) is 5.92 Å². The summed E-state index contributed by atoms with van der Waals surface area (Å²) >= 11 is 0. The standard InChI is InChI=1S/C9H18F2N2O2/c1-2-3-6(4-12)9(15)13-5-7(14)8(10)11/h6-8,14H,2-5,12H2,1H3,(H,13,15). The van der Waals surface area contributed by atoms with Crippen molar-refractivity contribution in [2.24, 2.45) is 11.7 Å². The molecule has 0 aromatic heterocycles. The van der Waals surface area contributed by atoms with Crippen LogP contribution in [0.2, 0.25) is 0 Å². The molecule has 90 valence electrons. The highest BCUT2D eigenvalue weighted by atomic mass is 19.3. The monoisotopic (exact) mass is 224 g/mol. The van der Waals surface area contributed by atoms with E-state index < -0.39 is 19.1 Å². The third-order valence-corrected chi connectivity index (χ3v) is 2.07. The molecular weight excluding hydrogens is 206 g/mol. The van der Waals surface area contributed by atoms with Gasteiger partial charge in [-0.3, -0.25) is 4.79 Å². The first kappa shape index (κ1) is 14.2. The number of amides is 1. The Morgan fingerprint density at radius 3 is 2.53 bits per heavy atom. The summed E-state index contributed by atoms with van der Waals surface area (Å²) in [6.45, 7) is 1.66. The fourth-order valence-corrected chi connectivity index (χ4v) is 1.14. The Balaban J connectivity index is 3.90. The van der Waals surface area contributed by atoms with E-state index in [2.05, 4.69) is 5.32 Å². The van der Waals surface area contributed by atoms with E-state index >= 15 is 0 Å². The molecule has 0 heterocycles. The van der Waals surface area contributed by atoms with Crippen LogP contribution in [0.25, 0.3) is 0 Å². The van der Waals surface area contributed by atoms with Crippen molar-refractivity contribution in [1.29, 1.82) is 0 Å². The SMILES string of the molecule is CCCC(CN)C(=O)NCC(O)C(F)F. The molecule has 4 nitrogen and oxygen atoms in total. The Labute approximate surface area is 87.8 Å². The molecule has 2 atom stereocenters. The molecule has 4 N–H and O–H groups in total. The number of aliphatic hydroxyl groups excluding tert-OH is 1. The van der Waals surface area contributed by atoms with Crippen LogP contribution in [-0.2, 0) is 4.79 Å². The van der Waals surface area contributed by atoms with Crippen LogP contribution in [0.3, 0.4) is 0 Å². The molecule has 0 aliphatic heterocycles. The average Bonchev–Trinajstić information content (AvgIpc) is 2.21. The predicted octanol–water partition coefficient (Wildman–Crippen LogP) is 0.104. The van der Waals surface area contributed by atoms with E-state index in [-0.39, 0.29) is 18.4 Å². The molecule has 0 aromatic carbocycles. The number of nitrogens with two attached hydrogens (primary N) is 1. The molecule has 0 spiro atoms. The molecule has 0 aliphatic rings. The van der Waals surface area contributed by atoms with Crippen LogP contribution < -0.4 is 11.1 Å². The van der Waals surface area contributed by atoms with Crippen LogP contribution in [0, 0.1) is 5.92 Å². The summed E-state index contributed by atoms with van der Waals surface area (Å²) in [6, 6.07) is 0. The van der Waals surface area contributed by atoms with Crippen LogP contribution in [-0.4, -0.2) is 36.6 Å². The number of carbonyl (C=O) groups is 1. The summed E-state index contributed by atoms with van der Waals surface area (Å²) in [5, 5.41) is 11.0. The third kappa shape index (κ3) is 5.64. The summed E-state index contributed by atoms with van der Waals surface area (Å²) in [7, 11) is 0. The Morgan fingerprint density at radius 2 is 2.13 bits per heavy atom. The molecule has 0 saturated heterocycles. The first-order valence-corrected chi connectivity index (χ1v) is 4.96. The smallest absolute Gasteiger partial charge is 0.265 e. The second-order valence-electron chi connectivity index (χ2n) is 3.37. The van der Waals surface area contributed by atoms with Gasteiger partial charge >= 0.3 is 0 Å². The Morgan fingerprint density at radius 1 is 1.53 bits per heavy atom. The van der Waals surface area contributed by atoms with Gasteiger partial charge < -0.3 is 16.2 Å². The summed E-state index contributed by atoms with van der Waals surface area (Å²) in [6.07, 6.45) is -3.23. The molecule has 0 fully saturated rings. The second-order valence-corrected chi connectivity index (χ2v) is 3.37. The largest absolute Gasteiger partial charge is 0.385 e. The van der Waals surface area contributed by atoms with Gasteiger partial charge in [0.2, 0.25) is 5.91 Å². The second kappa shape index (κ2) is 7.53. The number of hydrogen-bond donors (Lipinski definition) is 3. The zero-order valence-corrected chi connectivity index (χ0v) is 8.75. The van der Waals surface area contributed by atoms with Crippen molar-refractivity contribution >= 4 is 5.91 Å². The van der Waals surface area contributed by atoms with Gasteiger partial charge in [-0.15, -0.1) is 0 Å². The van der Waals surface area contributed by atoms with E-state index in [1.807, 2.05) is 6.92 Å². The minimum atomic E-state index is -2.84. The molecule has 1 amide bonds. The van der Waals surface area contributed by atoms with Crippen molar-refractivity contribution < 1.29 is 18.7 Å². The summed E-state index contributed by atoms with van der Waals surface area (Å²) < 4.78 is 23.8. The minimum Gasteiger partial charge on any atom is -0.385 e. The fourth-order valence-electron chi connectivity index (χ4n) is 1.14. The van der Waals surface area contributed by atoms with Gasteiger partial charge in [-0.05, 0) is 6.42 Å². The first-order chi connectivity index (χ1) is 7.02. The molecule has 2 unspecified atom stereocenters. The normalized spacial score (nSPS) is 15.1. The molecular formula is C9H18F2N2O2. The van der Waals surface area contributed by atoms with Crippen LogP contribution in [0.15, 0.2) is 0 Å². The number of nitrogens with one attached hydrogen (secondary N) is 1. The van der Waals surface area contributed by atoms with E-state index in [9.17, 15) is 13.6 Å². The summed E-state index contributed by atoms with van der Waals surface area (Å²) in [5.41, 5.74) is 5.35. The molecule has 15 heavy (non-hydrogen) atoms. The Bertz CT molecular complexity index is 191. The molecule has 0 aromatic rings. The van der Waals surface area contributed by atoms with Gasteiger partial charge in [0, 0.05) is 13.1 Å². The van der Waals surface area contributed by atoms with Gasteiger partial charge in [-0.1, -0.05) is 13.3 Å². The maximum atomic E-state index is 11.9. The van der Waals surface area contributed by atoms with Crippen molar-refractivity contribution in [3.8, 4) is 0 Å². The number of aliphatic hydroxyl groups is 1. The van der Waals surface area contributed by atoms with Gasteiger partial charge in [-0.2, -0.15) is 0 Å². The van der Waals surface area contributed by atoms with Gasteiger partial charge in [0.1, 0.15) is 6.10 Å². The summed E-state index contributed by atoms with van der Waals surface area (Å²) in [5.74, 6) is -0.737. The minimum absolute atomic E-state index is 0.185. The quantitative estimate of drug-likeness (QED) is 0.574. The Hall–Kier alpha value is -0.750. The number of halogens is 2. The van der Waals surface area contributed by atoms with E-state index in [1.54, 1.807) is 0 Å². The number of carbonyl (C=O) groups excluding carboxylic acids is 1. The zero-order chi connectivity index (χ0) is 11.8. The van der Waals surface area contributed by atoms with Crippen LogP contribution in [0.5, 0.6) is 0 Å². The Kier molecular flexibility index (Phi) is 7.15. The van der Waals surface area contributed by atoms with Crippen molar-refractivity contribution in [3.05, 3.63) is 0 Å². The van der Waals surface area contributed by atoms with Crippen molar-refractivity contribution in [2.45, 2.75) is 32.3 Å². The van der Waals surface area contributed by atoms with Crippen LogP contribution in [0.1, 0.15) is 19.8 Å². The third-order valence-electron chi connectivity index (χ3n) is 2.07. The lowest BCUT2D eigenvalue weighted by Gasteiger charge is -2.15. The molecule has 0 saturated carbocycles. The first-order valence-electron chi connectivity index (χ1n) is 4.96. The maximum Gasteiger partial charge on any atom is 0.265 e. The topological polar surface area (TPSA) is 75.4 Å². The van der Waals surface area contributed by atoms with Crippen LogP contribution >= 0.6 is 0 Å². The van der Waals surface area contributed by atoms with Crippen molar-refractivity contribution in [3.63, 3.8) is 0 Å². The zero-order valence-electron chi connectivity index (χ0n) is 8.75.